The third-order valence-corrected chi connectivity index (χ3v) is 4.66. The molecule has 28 heavy (non-hydrogen) atoms. The minimum Gasteiger partial charge on any atom is -0.497 e. The van der Waals surface area contributed by atoms with Crippen molar-refractivity contribution >= 4 is 34.4 Å². The van der Waals surface area contributed by atoms with Gasteiger partial charge in [0.25, 0.3) is 5.91 Å². The fourth-order valence-electron chi connectivity index (χ4n) is 2.84. The summed E-state index contributed by atoms with van der Waals surface area (Å²) in [5, 5.41) is 4.15. The Morgan fingerprint density at radius 2 is 1.89 bits per heavy atom. The number of nitrogens with one attached hydrogen (secondary N) is 1. The van der Waals surface area contributed by atoms with Crippen LogP contribution in [-0.2, 0) is 9.53 Å². The Bertz CT molecular complexity index is 1010. The molecule has 3 aromatic rings. The van der Waals surface area contributed by atoms with Crippen LogP contribution >= 0.6 is 11.6 Å². The van der Waals surface area contributed by atoms with Crippen molar-refractivity contribution in [3.05, 3.63) is 64.4 Å². The number of ether oxygens (including phenoxy) is 2. The van der Waals surface area contributed by atoms with Gasteiger partial charge in [0.2, 0.25) is 5.76 Å². The van der Waals surface area contributed by atoms with Gasteiger partial charge in [0.1, 0.15) is 11.3 Å². The molecule has 0 saturated heterocycles. The zero-order valence-electron chi connectivity index (χ0n) is 15.7. The standard InChI is InChI=1S/C21H20ClNO5/c1-12-17-10-16(26-3)8-9-18(17)28-20(12)21(25)27-11-19(24)23-13(2)14-4-6-15(22)7-5-14/h4-10,13H,11H2,1-3H3,(H,23,24)/t13-/m1/s1. The first-order valence-corrected chi connectivity index (χ1v) is 9.06. The lowest BCUT2D eigenvalue weighted by Crippen LogP contribution is -2.31. The van der Waals surface area contributed by atoms with Crippen molar-refractivity contribution in [3.63, 3.8) is 0 Å². The number of carbonyl (C=O) groups excluding carboxylic acids is 2. The van der Waals surface area contributed by atoms with Gasteiger partial charge < -0.3 is 19.2 Å². The lowest BCUT2D eigenvalue weighted by molar-refractivity contribution is -0.124. The SMILES string of the molecule is COc1ccc2oc(C(=O)OCC(=O)N[C@H](C)c3ccc(Cl)cc3)c(C)c2c1. The molecule has 0 bridgehead atoms. The lowest BCUT2D eigenvalue weighted by Gasteiger charge is -2.14. The van der Waals surface area contributed by atoms with E-state index in [9.17, 15) is 9.59 Å². The van der Waals surface area contributed by atoms with Crippen molar-refractivity contribution < 1.29 is 23.5 Å². The molecular weight excluding hydrogens is 382 g/mol. The summed E-state index contributed by atoms with van der Waals surface area (Å²) in [5.74, 6) is -0.373. The summed E-state index contributed by atoms with van der Waals surface area (Å²) in [5.41, 5.74) is 2.08. The van der Waals surface area contributed by atoms with Gasteiger partial charge in [-0.15, -0.1) is 0 Å². The molecule has 0 saturated carbocycles. The van der Waals surface area contributed by atoms with Crippen LogP contribution < -0.4 is 10.1 Å². The van der Waals surface area contributed by atoms with Crippen molar-refractivity contribution in [2.45, 2.75) is 19.9 Å². The average Bonchev–Trinajstić information content (AvgIpc) is 3.02. The minimum absolute atomic E-state index is 0.0711. The van der Waals surface area contributed by atoms with Crippen molar-refractivity contribution in [1.82, 2.24) is 5.32 Å². The van der Waals surface area contributed by atoms with Crippen LogP contribution in [0.2, 0.25) is 5.02 Å². The first-order valence-electron chi connectivity index (χ1n) is 8.68. The highest BCUT2D eigenvalue weighted by Crippen LogP contribution is 2.29. The van der Waals surface area contributed by atoms with E-state index >= 15 is 0 Å². The Labute approximate surface area is 167 Å². The van der Waals surface area contributed by atoms with Crippen LogP contribution in [0.4, 0.5) is 0 Å². The van der Waals surface area contributed by atoms with Crippen LogP contribution in [0.3, 0.4) is 0 Å². The topological polar surface area (TPSA) is 77.8 Å². The first kappa shape index (κ1) is 19.8. The fourth-order valence-corrected chi connectivity index (χ4v) is 2.96. The molecule has 146 valence electrons. The van der Waals surface area contributed by atoms with Crippen LogP contribution in [0.1, 0.15) is 34.6 Å². The second-order valence-corrected chi connectivity index (χ2v) is 6.77. The lowest BCUT2D eigenvalue weighted by atomic mass is 10.1. The van der Waals surface area contributed by atoms with Gasteiger partial charge in [0.15, 0.2) is 6.61 Å². The molecule has 2 aromatic carbocycles. The van der Waals surface area contributed by atoms with Crippen LogP contribution in [0.5, 0.6) is 5.75 Å². The number of fused-ring (bicyclic) bond motifs is 1. The summed E-state index contributed by atoms with van der Waals surface area (Å²) in [6, 6.07) is 12.1. The molecule has 0 aliphatic carbocycles. The van der Waals surface area contributed by atoms with E-state index in [1.54, 1.807) is 44.4 Å². The Kier molecular flexibility index (Phi) is 5.90. The predicted molar refractivity (Wildman–Crippen MR) is 106 cm³/mol. The number of methoxy groups -OCH3 is 1. The Balaban J connectivity index is 1.62. The third kappa shape index (κ3) is 4.28. The van der Waals surface area contributed by atoms with E-state index in [1.807, 2.05) is 19.1 Å². The van der Waals surface area contributed by atoms with Gasteiger partial charge in [-0.2, -0.15) is 0 Å². The molecule has 1 amide bonds. The maximum absolute atomic E-state index is 12.3. The van der Waals surface area contributed by atoms with Gasteiger partial charge in [0.05, 0.1) is 13.2 Å². The normalized spacial score (nSPS) is 11.9. The van der Waals surface area contributed by atoms with E-state index in [4.69, 9.17) is 25.5 Å². The van der Waals surface area contributed by atoms with Crippen LogP contribution in [-0.4, -0.2) is 25.6 Å². The van der Waals surface area contributed by atoms with Gasteiger partial charge in [-0.3, -0.25) is 4.79 Å². The highest BCUT2D eigenvalue weighted by Gasteiger charge is 2.21. The van der Waals surface area contributed by atoms with E-state index < -0.39 is 18.5 Å². The van der Waals surface area contributed by atoms with E-state index in [1.165, 1.54) is 0 Å². The zero-order valence-corrected chi connectivity index (χ0v) is 16.5. The number of carbonyl (C=O) groups is 2. The summed E-state index contributed by atoms with van der Waals surface area (Å²) in [4.78, 5) is 24.5. The van der Waals surface area contributed by atoms with Crippen molar-refractivity contribution in [1.29, 1.82) is 0 Å². The molecule has 6 nitrogen and oxygen atoms in total. The molecule has 0 spiro atoms. The van der Waals surface area contributed by atoms with E-state index in [2.05, 4.69) is 5.32 Å². The average molecular weight is 402 g/mol. The minimum atomic E-state index is -0.693. The molecule has 0 radical (unpaired) electrons. The largest absolute Gasteiger partial charge is 0.497 e. The van der Waals surface area contributed by atoms with Crippen molar-refractivity contribution in [2.75, 3.05) is 13.7 Å². The highest BCUT2D eigenvalue weighted by molar-refractivity contribution is 6.30. The number of benzene rings is 2. The van der Waals surface area contributed by atoms with E-state index in [0.717, 1.165) is 10.9 Å². The van der Waals surface area contributed by atoms with Crippen molar-refractivity contribution in [2.24, 2.45) is 0 Å². The van der Waals surface area contributed by atoms with E-state index in [-0.39, 0.29) is 11.8 Å². The van der Waals surface area contributed by atoms with Gasteiger partial charge in [-0.05, 0) is 49.7 Å². The van der Waals surface area contributed by atoms with Gasteiger partial charge >= 0.3 is 5.97 Å². The predicted octanol–water partition coefficient (Wildman–Crippen LogP) is 4.44. The quantitative estimate of drug-likeness (QED) is 0.618. The number of rotatable bonds is 6. The Hall–Kier alpha value is -2.99. The molecule has 0 fully saturated rings. The monoisotopic (exact) mass is 401 g/mol. The molecule has 0 unspecified atom stereocenters. The summed E-state index contributed by atoms with van der Waals surface area (Å²) >= 11 is 5.86. The van der Waals surface area contributed by atoms with Gasteiger partial charge in [-0.1, -0.05) is 23.7 Å². The summed E-state index contributed by atoms with van der Waals surface area (Å²) in [6.45, 7) is 3.18. The molecule has 7 heteroatoms. The zero-order chi connectivity index (χ0) is 20.3. The Morgan fingerprint density at radius 3 is 2.57 bits per heavy atom. The molecule has 0 aliphatic heterocycles. The van der Waals surface area contributed by atoms with Crippen LogP contribution in [0.15, 0.2) is 46.9 Å². The second kappa shape index (κ2) is 8.35. The van der Waals surface area contributed by atoms with E-state index in [0.29, 0.717) is 21.9 Å². The number of esters is 1. The summed E-state index contributed by atoms with van der Waals surface area (Å²) in [7, 11) is 1.56. The van der Waals surface area contributed by atoms with Crippen LogP contribution in [0.25, 0.3) is 11.0 Å². The molecule has 0 aliphatic rings. The number of hydrogen-bond acceptors (Lipinski definition) is 5. The molecule has 1 heterocycles. The third-order valence-electron chi connectivity index (χ3n) is 4.41. The molecule has 1 N–H and O–H groups in total. The highest BCUT2D eigenvalue weighted by atomic mass is 35.5. The maximum atomic E-state index is 12.3. The number of aryl methyl sites for hydroxylation is 1. The van der Waals surface area contributed by atoms with Gasteiger partial charge in [-0.25, -0.2) is 4.79 Å². The number of halogens is 1. The molecule has 1 aromatic heterocycles. The summed E-state index contributed by atoms with van der Waals surface area (Å²) in [6.07, 6.45) is 0. The molecule has 3 rings (SSSR count). The maximum Gasteiger partial charge on any atom is 0.375 e. The molecular formula is C21H20ClNO5. The smallest absolute Gasteiger partial charge is 0.375 e. The second-order valence-electron chi connectivity index (χ2n) is 6.34. The summed E-state index contributed by atoms with van der Waals surface area (Å²) < 4.78 is 15.9. The number of hydrogen-bond donors (Lipinski definition) is 1. The first-order chi connectivity index (χ1) is 13.4. The van der Waals surface area contributed by atoms with Gasteiger partial charge in [0, 0.05) is 16.0 Å². The molecule has 1 atom stereocenters. The number of amides is 1. The Morgan fingerprint density at radius 1 is 1.18 bits per heavy atom. The van der Waals surface area contributed by atoms with Crippen molar-refractivity contribution in [3.8, 4) is 5.75 Å². The van der Waals surface area contributed by atoms with Crippen LogP contribution in [0, 0.1) is 6.92 Å². The number of furan rings is 1. The fraction of sp³-hybridized carbons (Fsp3) is 0.238.